The van der Waals surface area contributed by atoms with Gasteiger partial charge in [0.1, 0.15) is 20.1 Å². The van der Waals surface area contributed by atoms with Gasteiger partial charge in [-0.1, -0.05) is 0 Å². The van der Waals surface area contributed by atoms with Crippen LogP contribution in [0.2, 0.25) is 0 Å². The van der Waals surface area contributed by atoms with Crippen molar-refractivity contribution >= 4 is 7.85 Å². The van der Waals surface area contributed by atoms with E-state index in [0.29, 0.717) is 0 Å². The third-order valence-electron chi connectivity index (χ3n) is 1.99. The highest BCUT2D eigenvalue weighted by molar-refractivity contribution is 6.11. The molecule has 1 fully saturated rings. The first-order chi connectivity index (χ1) is 6.02. The summed E-state index contributed by atoms with van der Waals surface area (Å²) in [5.41, 5.74) is 0. The smallest absolute Gasteiger partial charge is 0.112 e. The van der Waals surface area contributed by atoms with E-state index in [0.717, 1.165) is 0 Å². The predicted octanol–water partition coefficient (Wildman–Crippen LogP) is -0.973. The standard InChI is InChI=1S/C8H15BO4/c1-4(2)12-3-5-6(10)7(11)8(9)13-5/h4-8,10-11H,3H2,1-2H3/t5-,6?,7?,8-/m1/s1. The number of hydrogen-bond acceptors (Lipinski definition) is 4. The van der Waals surface area contributed by atoms with Gasteiger partial charge in [0.15, 0.2) is 0 Å². The molecule has 5 heteroatoms. The molecule has 1 aliphatic rings. The maximum absolute atomic E-state index is 9.41. The average molecular weight is 186 g/mol. The van der Waals surface area contributed by atoms with E-state index < -0.39 is 24.3 Å². The third-order valence-corrected chi connectivity index (χ3v) is 1.99. The molecule has 1 saturated heterocycles. The summed E-state index contributed by atoms with van der Waals surface area (Å²) in [6.45, 7) is 4.03. The molecular weight excluding hydrogens is 171 g/mol. The van der Waals surface area contributed by atoms with Gasteiger partial charge >= 0.3 is 0 Å². The molecule has 0 bridgehead atoms. The molecule has 0 aromatic rings. The van der Waals surface area contributed by atoms with E-state index in [4.69, 9.17) is 17.3 Å². The molecule has 2 radical (unpaired) electrons. The number of hydrogen-bond donors (Lipinski definition) is 2. The first kappa shape index (κ1) is 11.0. The molecule has 2 unspecified atom stereocenters. The van der Waals surface area contributed by atoms with Crippen molar-refractivity contribution in [2.24, 2.45) is 0 Å². The van der Waals surface area contributed by atoms with Gasteiger partial charge in [-0.15, -0.1) is 0 Å². The van der Waals surface area contributed by atoms with Crippen LogP contribution in [-0.2, 0) is 9.47 Å². The van der Waals surface area contributed by atoms with Crippen molar-refractivity contribution in [3.8, 4) is 0 Å². The van der Waals surface area contributed by atoms with Crippen LogP contribution in [0.3, 0.4) is 0 Å². The van der Waals surface area contributed by atoms with Crippen LogP contribution in [0.4, 0.5) is 0 Å². The van der Waals surface area contributed by atoms with Crippen LogP contribution in [-0.4, -0.2) is 55.1 Å². The van der Waals surface area contributed by atoms with Gasteiger partial charge in [-0.25, -0.2) is 0 Å². The van der Waals surface area contributed by atoms with E-state index in [1.807, 2.05) is 13.8 Å². The molecule has 0 amide bonds. The van der Waals surface area contributed by atoms with Crippen molar-refractivity contribution in [2.45, 2.75) is 44.3 Å². The minimum Gasteiger partial charge on any atom is -0.388 e. The summed E-state index contributed by atoms with van der Waals surface area (Å²) in [4.78, 5) is 0. The zero-order chi connectivity index (χ0) is 10.0. The van der Waals surface area contributed by atoms with E-state index in [1.165, 1.54) is 0 Å². The molecule has 0 aliphatic carbocycles. The highest BCUT2D eigenvalue weighted by Crippen LogP contribution is 2.19. The summed E-state index contributed by atoms with van der Waals surface area (Å²) in [6.07, 6.45) is -2.41. The lowest BCUT2D eigenvalue weighted by atomic mass is 9.93. The fourth-order valence-electron chi connectivity index (χ4n) is 1.20. The SMILES string of the molecule is [B][C@@H]1O[C@H](COC(C)C)C(O)C1O. The van der Waals surface area contributed by atoms with Gasteiger partial charge in [-0.2, -0.15) is 0 Å². The highest BCUT2D eigenvalue weighted by Gasteiger charge is 2.39. The van der Waals surface area contributed by atoms with E-state index in [2.05, 4.69) is 0 Å². The molecule has 1 heterocycles. The largest absolute Gasteiger partial charge is 0.388 e. The van der Waals surface area contributed by atoms with Crippen LogP contribution >= 0.6 is 0 Å². The van der Waals surface area contributed by atoms with Crippen molar-refractivity contribution in [2.75, 3.05) is 6.61 Å². The van der Waals surface area contributed by atoms with E-state index in [9.17, 15) is 10.2 Å². The lowest BCUT2D eigenvalue weighted by Crippen LogP contribution is -2.34. The zero-order valence-electron chi connectivity index (χ0n) is 7.88. The molecule has 74 valence electrons. The normalized spacial score (nSPS) is 40.1. The quantitative estimate of drug-likeness (QED) is 0.556. The first-order valence-electron chi connectivity index (χ1n) is 4.41. The number of rotatable bonds is 3. The zero-order valence-corrected chi connectivity index (χ0v) is 7.88. The van der Waals surface area contributed by atoms with Crippen LogP contribution in [0.5, 0.6) is 0 Å². The van der Waals surface area contributed by atoms with Crippen LogP contribution in [0.25, 0.3) is 0 Å². The molecule has 1 rings (SSSR count). The Hall–Kier alpha value is -0.0951. The van der Waals surface area contributed by atoms with Gasteiger partial charge in [-0.05, 0) is 13.8 Å². The predicted molar refractivity (Wildman–Crippen MR) is 47.5 cm³/mol. The Morgan fingerprint density at radius 3 is 2.38 bits per heavy atom. The molecule has 0 aromatic carbocycles. The van der Waals surface area contributed by atoms with Crippen molar-refractivity contribution in [1.29, 1.82) is 0 Å². The van der Waals surface area contributed by atoms with Gasteiger partial charge in [-0.3, -0.25) is 0 Å². The van der Waals surface area contributed by atoms with Crippen molar-refractivity contribution in [3.63, 3.8) is 0 Å². The maximum Gasteiger partial charge on any atom is 0.112 e. The Morgan fingerprint density at radius 1 is 1.38 bits per heavy atom. The average Bonchev–Trinajstić information content (AvgIpc) is 2.29. The lowest BCUT2D eigenvalue weighted by Gasteiger charge is -2.16. The van der Waals surface area contributed by atoms with Gasteiger partial charge in [0.25, 0.3) is 0 Å². The molecule has 1 aliphatic heterocycles. The summed E-state index contributed by atoms with van der Waals surface area (Å²) in [6, 6.07) is -0.809. The Labute approximate surface area is 79.3 Å². The van der Waals surface area contributed by atoms with Crippen molar-refractivity contribution in [3.05, 3.63) is 0 Å². The second-order valence-electron chi connectivity index (χ2n) is 3.50. The Morgan fingerprint density at radius 2 is 2.00 bits per heavy atom. The first-order valence-corrected chi connectivity index (χ1v) is 4.41. The van der Waals surface area contributed by atoms with Crippen molar-refractivity contribution in [1.82, 2.24) is 0 Å². The highest BCUT2D eigenvalue weighted by atomic mass is 16.6. The minimum atomic E-state index is -1.01. The van der Waals surface area contributed by atoms with Crippen LogP contribution in [0, 0.1) is 0 Å². The van der Waals surface area contributed by atoms with Gasteiger partial charge in [0.2, 0.25) is 0 Å². The van der Waals surface area contributed by atoms with E-state index in [1.54, 1.807) is 0 Å². The topological polar surface area (TPSA) is 58.9 Å². The molecule has 4 atom stereocenters. The molecular formula is C8H15BO4. The van der Waals surface area contributed by atoms with E-state index in [-0.39, 0.29) is 12.7 Å². The summed E-state index contributed by atoms with van der Waals surface area (Å²) < 4.78 is 10.3. The fraction of sp³-hybridized carbons (Fsp3) is 1.00. The monoisotopic (exact) mass is 186 g/mol. The fourth-order valence-corrected chi connectivity index (χ4v) is 1.20. The Balaban J connectivity index is 2.35. The second kappa shape index (κ2) is 4.42. The minimum absolute atomic E-state index is 0.0739. The number of aliphatic hydroxyl groups excluding tert-OH is 2. The summed E-state index contributed by atoms with van der Waals surface area (Å²) in [5.74, 6) is 0. The molecule has 4 nitrogen and oxygen atoms in total. The second-order valence-corrected chi connectivity index (χ2v) is 3.50. The van der Waals surface area contributed by atoms with Crippen LogP contribution in [0.1, 0.15) is 13.8 Å². The summed E-state index contributed by atoms with van der Waals surface area (Å²) in [7, 11) is 5.38. The van der Waals surface area contributed by atoms with Crippen molar-refractivity contribution < 1.29 is 19.7 Å². The van der Waals surface area contributed by atoms with Gasteiger partial charge in [0.05, 0.1) is 18.8 Å². The summed E-state index contributed by atoms with van der Waals surface area (Å²) >= 11 is 0. The Bertz CT molecular complexity index is 164. The molecule has 13 heavy (non-hydrogen) atoms. The van der Waals surface area contributed by atoms with Gasteiger partial charge < -0.3 is 19.7 Å². The molecule has 2 N–H and O–H groups in total. The molecule has 0 aromatic heterocycles. The molecule has 0 spiro atoms. The maximum atomic E-state index is 9.41. The van der Waals surface area contributed by atoms with E-state index >= 15 is 0 Å². The van der Waals surface area contributed by atoms with Crippen LogP contribution < -0.4 is 0 Å². The number of ether oxygens (including phenoxy) is 2. The lowest BCUT2D eigenvalue weighted by molar-refractivity contribution is -0.0489. The molecule has 0 saturated carbocycles. The third kappa shape index (κ3) is 2.67. The number of aliphatic hydroxyl groups is 2. The Kier molecular flexibility index (Phi) is 3.73. The summed E-state index contributed by atoms with van der Waals surface area (Å²) in [5, 5.41) is 18.7. The van der Waals surface area contributed by atoms with Gasteiger partial charge in [0, 0.05) is 6.00 Å². The van der Waals surface area contributed by atoms with Crippen LogP contribution in [0.15, 0.2) is 0 Å².